The topological polar surface area (TPSA) is 22.1 Å². The summed E-state index contributed by atoms with van der Waals surface area (Å²) in [5.74, 6) is -4.97. The van der Waals surface area contributed by atoms with Crippen LogP contribution in [0.1, 0.15) is 49.8 Å². The van der Waals surface area contributed by atoms with Gasteiger partial charge in [0.05, 0.1) is 0 Å². The van der Waals surface area contributed by atoms with Gasteiger partial charge < -0.3 is 4.74 Å². The Morgan fingerprint density at radius 1 is 1.12 bits per heavy atom. The minimum Gasteiger partial charge on any atom is -0.451 e. The smallest absolute Gasteiger partial charge is 0.249 e. The number of benzene rings is 1. The molecule has 1 aliphatic carbocycles. The molecule has 24 heavy (non-hydrogen) atoms. The molecule has 1 fully saturated rings. The second-order valence-corrected chi connectivity index (χ2v) is 6.45. The number of alkyl halides is 2. The van der Waals surface area contributed by atoms with Crippen LogP contribution in [-0.2, 0) is 0 Å². The number of aromatic nitrogens is 1. The van der Waals surface area contributed by atoms with Crippen molar-refractivity contribution in [1.29, 1.82) is 0 Å². The molecule has 128 valence electrons. The zero-order valence-electron chi connectivity index (χ0n) is 13.3. The molecule has 0 radical (unpaired) electrons. The van der Waals surface area contributed by atoms with E-state index in [4.69, 9.17) is 4.74 Å². The van der Waals surface area contributed by atoms with Crippen LogP contribution in [0.25, 0.3) is 0 Å². The number of halogens is 4. The van der Waals surface area contributed by atoms with Gasteiger partial charge in [0.1, 0.15) is 5.75 Å². The van der Waals surface area contributed by atoms with E-state index in [-0.39, 0.29) is 30.4 Å². The molecule has 3 rings (SSSR count). The zero-order valence-corrected chi connectivity index (χ0v) is 13.3. The first-order chi connectivity index (χ1) is 11.2. The van der Waals surface area contributed by atoms with E-state index < -0.39 is 23.3 Å². The van der Waals surface area contributed by atoms with Crippen LogP contribution in [0, 0.1) is 11.6 Å². The standard InChI is InChI=1S/C18H17F4NO/c1-10(2)11-5-14(19)17(15(20)6-11)24-13-3-4-23-16(7-13)12-8-18(21,22)9-12/h3-7,10,12H,8-9H2,1-2H3. The molecule has 0 aliphatic heterocycles. The van der Waals surface area contributed by atoms with Crippen molar-refractivity contribution in [3.63, 3.8) is 0 Å². The summed E-state index contributed by atoms with van der Waals surface area (Å²) in [6.07, 6.45) is 0.851. The Kier molecular flexibility index (Phi) is 4.24. The van der Waals surface area contributed by atoms with Crippen molar-refractivity contribution in [2.45, 2.75) is 44.4 Å². The third-order valence-electron chi connectivity index (χ3n) is 4.17. The molecule has 2 nitrogen and oxygen atoms in total. The number of hydrogen-bond acceptors (Lipinski definition) is 2. The van der Waals surface area contributed by atoms with Gasteiger partial charge in [-0.15, -0.1) is 0 Å². The van der Waals surface area contributed by atoms with E-state index in [0.717, 1.165) is 0 Å². The Hall–Kier alpha value is -2.11. The summed E-state index contributed by atoms with van der Waals surface area (Å²) in [5, 5.41) is 0. The maximum atomic E-state index is 14.1. The molecule has 1 heterocycles. The summed E-state index contributed by atoms with van der Waals surface area (Å²) < 4.78 is 59.5. The van der Waals surface area contributed by atoms with Gasteiger partial charge in [0.2, 0.25) is 5.92 Å². The van der Waals surface area contributed by atoms with E-state index >= 15 is 0 Å². The Labute approximate surface area is 137 Å². The number of pyridine rings is 1. The zero-order chi connectivity index (χ0) is 17.5. The first kappa shape index (κ1) is 16.7. The maximum Gasteiger partial charge on any atom is 0.249 e. The average Bonchev–Trinajstić information content (AvgIpc) is 2.48. The first-order valence-corrected chi connectivity index (χ1v) is 7.76. The highest BCUT2D eigenvalue weighted by molar-refractivity contribution is 5.37. The minimum atomic E-state index is -2.66. The lowest BCUT2D eigenvalue weighted by Gasteiger charge is -2.34. The van der Waals surface area contributed by atoms with Crippen molar-refractivity contribution in [3.05, 3.63) is 53.4 Å². The van der Waals surface area contributed by atoms with Gasteiger partial charge in [-0.3, -0.25) is 4.98 Å². The molecular formula is C18H17F4NO. The normalized spacial score (nSPS) is 17.0. The highest BCUT2D eigenvalue weighted by Gasteiger charge is 2.46. The molecule has 0 spiro atoms. The van der Waals surface area contributed by atoms with Crippen LogP contribution in [0.2, 0.25) is 0 Å². The molecular weight excluding hydrogens is 322 g/mol. The molecule has 1 aliphatic rings. The van der Waals surface area contributed by atoms with Gasteiger partial charge in [-0.2, -0.15) is 0 Å². The molecule has 1 aromatic carbocycles. The average molecular weight is 339 g/mol. The third-order valence-corrected chi connectivity index (χ3v) is 4.17. The quantitative estimate of drug-likeness (QED) is 0.658. The lowest BCUT2D eigenvalue weighted by molar-refractivity contribution is -0.0876. The number of hydrogen-bond donors (Lipinski definition) is 0. The summed E-state index contributed by atoms with van der Waals surface area (Å²) >= 11 is 0. The molecule has 0 amide bonds. The Bertz CT molecular complexity index is 729. The van der Waals surface area contributed by atoms with Crippen molar-refractivity contribution >= 4 is 0 Å². The highest BCUT2D eigenvalue weighted by atomic mass is 19.3. The number of rotatable bonds is 4. The van der Waals surface area contributed by atoms with Gasteiger partial charge in [-0.25, -0.2) is 17.6 Å². The predicted octanol–water partition coefficient (Wildman–Crippen LogP) is 5.79. The van der Waals surface area contributed by atoms with Crippen LogP contribution in [0.4, 0.5) is 17.6 Å². The monoisotopic (exact) mass is 339 g/mol. The molecule has 0 unspecified atom stereocenters. The van der Waals surface area contributed by atoms with Crippen molar-refractivity contribution in [2.75, 3.05) is 0 Å². The number of nitrogens with zero attached hydrogens (tertiary/aromatic N) is 1. The van der Waals surface area contributed by atoms with E-state index in [0.29, 0.717) is 11.3 Å². The molecule has 0 N–H and O–H groups in total. The van der Waals surface area contributed by atoms with Crippen molar-refractivity contribution < 1.29 is 22.3 Å². The van der Waals surface area contributed by atoms with E-state index in [1.54, 1.807) is 0 Å². The van der Waals surface area contributed by atoms with Crippen molar-refractivity contribution in [2.24, 2.45) is 0 Å². The Morgan fingerprint density at radius 3 is 2.29 bits per heavy atom. The summed E-state index contributed by atoms with van der Waals surface area (Å²) in [6.45, 7) is 3.66. The van der Waals surface area contributed by atoms with Crippen LogP contribution in [0.15, 0.2) is 30.5 Å². The van der Waals surface area contributed by atoms with Crippen molar-refractivity contribution in [1.82, 2.24) is 4.98 Å². The largest absolute Gasteiger partial charge is 0.451 e. The second kappa shape index (κ2) is 6.07. The van der Waals surface area contributed by atoms with Crippen LogP contribution < -0.4 is 4.74 Å². The van der Waals surface area contributed by atoms with Crippen molar-refractivity contribution in [3.8, 4) is 11.5 Å². The van der Waals surface area contributed by atoms with Gasteiger partial charge in [-0.05, 0) is 29.7 Å². The van der Waals surface area contributed by atoms with Crippen LogP contribution in [-0.4, -0.2) is 10.9 Å². The number of ether oxygens (including phenoxy) is 1. The lowest BCUT2D eigenvalue weighted by atomic mass is 9.79. The lowest BCUT2D eigenvalue weighted by Crippen LogP contribution is -2.34. The van der Waals surface area contributed by atoms with Gasteiger partial charge in [0, 0.05) is 36.7 Å². The Balaban J connectivity index is 1.82. The molecule has 0 saturated heterocycles. The summed E-state index contributed by atoms with van der Waals surface area (Å²) in [5.41, 5.74) is 0.975. The molecule has 2 aromatic rings. The Morgan fingerprint density at radius 2 is 1.75 bits per heavy atom. The molecule has 0 bridgehead atoms. The highest BCUT2D eigenvalue weighted by Crippen LogP contribution is 2.48. The van der Waals surface area contributed by atoms with Crippen LogP contribution in [0.5, 0.6) is 11.5 Å². The summed E-state index contributed by atoms with van der Waals surface area (Å²) in [4.78, 5) is 4.05. The van der Waals surface area contributed by atoms with Crippen LogP contribution in [0.3, 0.4) is 0 Å². The summed E-state index contributed by atoms with van der Waals surface area (Å²) in [6, 6.07) is 5.36. The van der Waals surface area contributed by atoms with E-state index in [1.807, 2.05) is 13.8 Å². The SMILES string of the molecule is CC(C)c1cc(F)c(Oc2ccnc(C3CC(F)(F)C3)c2)c(F)c1. The summed E-state index contributed by atoms with van der Waals surface area (Å²) in [7, 11) is 0. The van der Waals surface area contributed by atoms with Gasteiger partial charge in [-0.1, -0.05) is 13.8 Å². The van der Waals surface area contributed by atoms with Crippen LogP contribution >= 0.6 is 0 Å². The second-order valence-electron chi connectivity index (χ2n) is 6.45. The maximum absolute atomic E-state index is 14.1. The first-order valence-electron chi connectivity index (χ1n) is 7.76. The fourth-order valence-corrected chi connectivity index (χ4v) is 2.71. The van der Waals surface area contributed by atoms with Gasteiger partial charge >= 0.3 is 0 Å². The molecule has 0 atom stereocenters. The molecule has 1 saturated carbocycles. The predicted molar refractivity (Wildman–Crippen MR) is 81.7 cm³/mol. The van der Waals surface area contributed by atoms with Gasteiger partial charge in [0.15, 0.2) is 17.4 Å². The third kappa shape index (κ3) is 3.37. The van der Waals surface area contributed by atoms with E-state index in [9.17, 15) is 17.6 Å². The fraction of sp³-hybridized carbons (Fsp3) is 0.389. The van der Waals surface area contributed by atoms with E-state index in [2.05, 4.69) is 4.98 Å². The van der Waals surface area contributed by atoms with Gasteiger partial charge in [0.25, 0.3) is 0 Å². The van der Waals surface area contributed by atoms with E-state index in [1.165, 1.54) is 30.5 Å². The molecule has 1 aromatic heterocycles. The minimum absolute atomic E-state index is 0.0177. The molecule has 6 heteroatoms. The fourth-order valence-electron chi connectivity index (χ4n) is 2.71.